The first-order chi connectivity index (χ1) is 10.1. The summed E-state index contributed by atoms with van der Waals surface area (Å²) in [5.41, 5.74) is 3.47. The van der Waals surface area contributed by atoms with Crippen molar-refractivity contribution in [3.05, 3.63) is 83.9 Å². The maximum absolute atomic E-state index is 2.46. The number of benzene rings is 3. The van der Waals surface area contributed by atoms with Gasteiger partial charge in [0, 0.05) is 5.54 Å². The lowest BCUT2D eigenvalue weighted by Gasteiger charge is -2.31. The second-order valence-electron chi connectivity index (χ2n) is 6.78. The molecule has 0 aliphatic carbocycles. The zero-order valence-corrected chi connectivity index (χ0v) is 14.0. The molecule has 0 spiro atoms. The van der Waals surface area contributed by atoms with Gasteiger partial charge < -0.3 is 0 Å². The molecule has 1 heteroatoms. The van der Waals surface area contributed by atoms with Crippen LogP contribution >= 0.6 is 0 Å². The average Bonchev–Trinajstić information content (AvgIpc) is 2.47. The molecule has 0 aromatic heterocycles. The SMILES string of the molecule is C[Si](C)(C)C(c1ccccc1)c1cccc2ccccc12. The molecule has 21 heavy (non-hydrogen) atoms. The molecular weight excluding hydrogens is 268 g/mol. The highest BCUT2D eigenvalue weighted by Crippen LogP contribution is 2.37. The summed E-state index contributed by atoms with van der Waals surface area (Å²) < 4.78 is 0. The molecule has 0 nitrogen and oxygen atoms in total. The summed E-state index contributed by atoms with van der Waals surface area (Å²) in [6.45, 7) is 7.39. The molecule has 1 unspecified atom stereocenters. The third-order valence-corrected chi connectivity index (χ3v) is 6.51. The van der Waals surface area contributed by atoms with Gasteiger partial charge in [0.05, 0.1) is 8.07 Å². The van der Waals surface area contributed by atoms with Crippen molar-refractivity contribution in [3.8, 4) is 0 Å². The summed E-state index contributed by atoms with van der Waals surface area (Å²) in [6, 6.07) is 26.5. The van der Waals surface area contributed by atoms with E-state index in [-0.39, 0.29) is 0 Å². The van der Waals surface area contributed by atoms with Crippen LogP contribution in [0.1, 0.15) is 16.7 Å². The molecule has 0 radical (unpaired) electrons. The Hall–Kier alpha value is -1.86. The van der Waals surface area contributed by atoms with Crippen molar-refractivity contribution in [2.45, 2.75) is 25.2 Å². The van der Waals surface area contributed by atoms with E-state index in [0.717, 1.165) is 0 Å². The number of rotatable bonds is 3. The van der Waals surface area contributed by atoms with Crippen LogP contribution in [0.5, 0.6) is 0 Å². The fourth-order valence-corrected chi connectivity index (χ4v) is 5.67. The molecular formula is C20H22Si. The monoisotopic (exact) mass is 290 g/mol. The molecule has 0 fully saturated rings. The van der Waals surface area contributed by atoms with Crippen LogP contribution in [-0.2, 0) is 0 Å². The van der Waals surface area contributed by atoms with Gasteiger partial charge in [-0.2, -0.15) is 0 Å². The number of hydrogen-bond acceptors (Lipinski definition) is 0. The van der Waals surface area contributed by atoms with Gasteiger partial charge in [0.25, 0.3) is 0 Å². The van der Waals surface area contributed by atoms with E-state index >= 15 is 0 Å². The van der Waals surface area contributed by atoms with Crippen LogP contribution < -0.4 is 0 Å². The Kier molecular flexibility index (Phi) is 3.69. The van der Waals surface area contributed by atoms with E-state index in [1.165, 1.54) is 21.9 Å². The van der Waals surface area contributed by atoms with Crippen molar-refractivity contribution >= 4 is 18.8 Å². The second kappa shape index (κ2) is 5.49. The maximum atomic E-state index is 2.46. The normalized spacial score (nSPS) is 13.3. The molecule has 3 aromatic carbocycles. The minimum atomic E-state index is -1.39. The third-order valence-electron chi connectivity index (χ3n) is 4.13. The summed E-state index contributed by atoms with van der Waals surface area (Å²) in [5, 5.41) is 2.74. The first kappa shape index (κ1) is 14.1. The molecule has 0 saturated carbocycles. The lowest BCUT2D eigenvalue weighted by atomic mass is 9.98. The highest BCUT2D eigenvalue weighted by molar-refractivity contribution is 6.78. The van der Waals surface area contributed by atoms with Crippen LogP contribution in [0.3, 0.4) is 0 Å². The van der Waals surface area contributed by atoms with Crippen LogP contribution in [0.25, 0.3) is 10.8 Å². The Labute approximate surface area is 128 Å². The second-order valence-corrected chi connectivity index (χ2v) is 12.1. The van der Waals surface area contributed by atoms with E-state index in [2.05, 4.69) is 92.4 Å². The van der Waals surface area contributed by atoms with Crippen LogP contribution in [-0.4, -0.2) is 8.07 Å². The van der Waals surface area contributed by atoms with Crippen molar-refractivity contribution in [1.82, 2.24) is 0 Å². The Bertz CT molecular complexity index is 733. The molecule has 0 heterocycles. The van der Waals surface area contributed by atoms with Crippen LogP contribution in [0.2, 0.25) is 19.6 Å². The lowest BCUT2D eigenvalue weighted by molar-refractivity contribution is 1.09. The standard InChI is InChI=1S/C20H22Si/c1-21(2,3)20(17-11-5-4-6-12-17)19-15-9-13-16-10-7-8-14-18(16)19/h4-15,20H,1-3H3. The summed E-state index contributed by atoms with van der Waals surface area (Å²) in [7, 11) is -1.39. The molecule has 0 amide bonds. The summed E-state index contributed by atoms with van der Waals surface area (Å²) in [5.74, 6) is 0. The van der Waals surface area contributed by atoms with Crippen molar-refractivity contribution in [2.75, 3.05) is 0 Å². The molecule has 0 bridgehead atoms. The van der Waals surface area contributed by atoms with Gasteiger partial charge in [0.1, 0.15) is 0 Å². The predicted octanol–water partition coefficient (Wildman–Crippen LogP) is 5.85. The molecule has 0 aliphatic heterocycles. The lowest BCUT2D eigenvalue weighted by Crippen LogP contribution is -2.32. The number of fused-ring (bicyclic) bond motifs is 1. The molecule has 3 rings (SSSR count). The Balaban J connectivity index is 2.25. The van der Waals surface area contributed by atoms with Crippen molar-refractivity contribution in [3.63, 3.8) is 0 Å². The number of hydrogen-bond donors (Lipinski definition) is 0. The molecule has 0 aliphatic rings. The minimum absolute atomic E-state index is 0.532. The fraction of sp³-hybridized carbons (Fsp3) is 0.200. The molecule has 0 N–H and O–H groups in total. The largest absolute Gasteiger partial charge is 0.0688 e. The zero-order valence-electron chi connectivity index (χ0n) is 13.0. The zero-order chi connectivity index (χ0) is 14.9. The topological polar surface area (TPSA) is 0 Å². The average molecular weight is 290 g/mol. The van der Waals surface area contributed by atoms with Crippen LogP contribution in [0.15, 0.2) is 72.8 Å². The maximum Gasteiger partial charge on any atom is 0.0573 e. The van der Waals surface area contributed by atoms with Crippen molar-refractivity contribution in [2.24, 2.45) is 0 Å². The van der Waals surface area contributed by atoms with Gasteiger partial charge in [0.2, 0.25) is 0 Å². The highest BCUT2D eigenvalue weighted by Gasteiger charge is 2.30. The van der Waals surface area contributed by atoms with Crippen LogP contribution in [0, 0.1) is 0 Å². The van der Waals surface area contributed by atoms with Crippen LogP contribution in [0.4, 0.5) is 0 Å². The highest BCUT2D eigenvalue weighted by atomic mass is 28.3. The molecule has 106 valence electrons. The van der Waals surface area contributed by atoms with Gasteiger partial charge in [-0.15, -0.1) is 0 Å². The van der Waals surface area contributed by atoms with Gasteiger partial charge in [-0.1, -0.05) is 92.4 Å². The van der Waals surface area contributed by atoms with Gasteiger partial charge in [-0.05, 0) is 21.9 Å². The van der Waals surface area contributed by atoms with Crippen molar-refractivity contribution in [1.29, 1.82) is 0 Å². The van der Waals surface area contributed by atoms with Gasteiger partial charge >= 0.3 is 0 Å². The Morgan fingerprint density at radius 2 is 1.29 bits per heavy atom. The van der Waals surface area contributed by atoms with E-state index in [9.17, 15) is 0 Å². The van der Waals surface area contributed by atoms with E-state index in [1.54, 1.807) is 0 Å². The first-order valence-electron chi connectivity index (χ1n) is 7.60. The summed E-state index contributed by atoms with van der Waals surface area (Å²) >= 11 is 0. The van der Waals surface area contributed by atoms with E-state index < -0.39 is 8.07 Å². The van der Waals surface area contributed by atoms with Gasteiger partial charge in [-0.3, -0.25) is 0 Å². The smallest absolute Gasteiger partial charge is 0.0573 e. The first-order valence-corrected chi connectivity index (χ1v) is 11.2. The quantitative estimate of drug-likeness (QED) is 0.531. The van der Waals surface area contributed by atoms with E-state index in [1.807, 2.05) is 0 Å². The Morgan fingerprint density at radius 3 is 2.00 bits per heavy atom. The molecule has 1 atom stereocenters. The van der Waals surface area contributed by atoms with E-state index in [4.69, 9.17) is 0 Å². The fourth-order valence-electron chi connectivity index (χ4n) is 3.29. The Morgan fingerprint density at radius 1 is 0.667 bits per heavy atom. The van der Waals surface area contributed by atoms with Gasteiger partial charge in [0.15, 0.2) is 0 Å². The molecule has 3 aromatic rings. The summed E-state index contributed by atoms with van der Waals surface area (Å²) in [6.07, 6.45) is 0. The summed E-state index contributed by atoms with van der Waals surface area (Å²) in [4.78, 5) is 0. The van der Waals surface area contributed by atoms with Gasteiger partial charge in [-0.25, -0.2) is 0 Å². The predicted molar refractivity (Wildman–Crippen MR) is 95.6 cm³/mol. The van der Waals surface area contributed by atoms with E-state index in [0.29, 0.717) is 5.54 Å². The minimum Gasteiger partial charge on any atom is -0.0688 e. The van der Waals surface area contributed by atoms with Crippen molar-refractivity contribution < 1.29 is 0 Å². The third kappa shape index (κ3) is 2.79. The molecule has 0 saturated heterocycles.